The number of halogens is 3. The third kappa shape index (κ3) is 7.34. The van der Waals surface area contributed by atoms with E-state index in [-0.39, 0.29) is 12.2 Å². The van der Waals surface area contributed by atoms with E-state index in [1.807, 2.05) is 0 Å². The Balaban J connectivity index is 1.87. The van der Waals surface area contributed by atoms with Crippen LogP contribution in [0.1, 0.15) is 11.1 Å². The van der Waals surface area contributed by atoms with Gasteiger partial charge in [-0.25, -0.2) is 4.79 Å². The summed E-state index contributed by atoms with van der Waals surface area (Å²) in [7, 11) is 0. The maximum atomic E-state index is 12.7. The van der Waals surface area contributed by atoms with Gasteiger partial charge in [0, 0.05) is 6.42 Å². The summed E-state index contributed by atoms with van der Waals surface area (Å²) in [6.07, 6.45) is -4.43. The first-order chi connectivity index (χ1) is 14.1. The Hall–Kier alpha value is -3.76. The molecule has 11 heteroatoms. The normalized spacial score (nSPS) is 11.8. The van der Waals surface area contributed by atoms with E-state index in [1.165, 1.54) is 6.07 Å². The fourth-order valence-electron chi connectivity index (χ4n) is 2.40. The number of hydrazine groups is 1. The Kier molecular flexibility index (Phi) is 7.62. The van der Waals surface area contributed by atoms with E-state index in [0.717, 1.165) is 23.8 Å². The van der Waals surface area contributed by atoms with Crippen molar-refractivity contribution in [2.75, 3.05) is 6.61 Å². The SMILES string of the molecule is NC(=O)N[C@H](Cc1ccccc1)C(=O)NNC(=O)COc1cccc(C(F)(F)F)c1. The van der Waals surface area contributed by atoms with Crippen LogP contribution < -0.4 is 26.6 Å². The van der Waals surface area contributed by atoms with E-state index in [2.05, 4.69) is 16.2 Å². The van der Waals surface area contributed by atoms with Gasteiger partial charge >= 0.3 is 12.2 Å². The van der Waals surface area contributed by atoms with Crippen molar-refractivity contribution < 1.29 is 32.3 Å². The first-order valence-corrected chi connectivity index (χ1v) is 8.64. The molecule has 0 spiro atoms. The van der Waals surface area contributed by atoms with Crippen LogP contribution in [0.4, 0.5) is 18.0 Å². The largest absolute Gasteiger partial charge is 0.484 e. The van der Waals surface area contributed by atoms with Gasteiger partial charge in [-0.05, 0) is 23.8 Å². The van der Waals surface area contributed by atoms with E-state index >= 15 is 0 Å². The molecule has 0 heterocycles. The zero-order valence-electron chi connectivity index (χ0n) is 15.5. The molecule has 2 rings (SSSR count). The van der Waals surface area contributed by atoms with Crippen molar-refractivity contribution in [2.45, 2.75) is 18.6 Å². The van der Waals surface area contributed by atoms with Gasteiger partial charge in [0.25, 0.3) is 11.8 Å². The number of ether oxygens (including phenoxy) is 1. The summed E-state index contributed by atoms with van der Waals surface area (Å²) in [6, 6.07) is 10.8. The average molecular weight is 424 g/mol. The Morgan fingerprint density at radius 3 is 2.33 bits per heavy atom. The molecule has 5 N–H and O–H groups in total. The smallest absolute Gasteiger partial charge is 0.416 e. The van der Waals surface area contributed by atoms with Crippen molar-refractivity contribution in [3.8, 4) is 5.75 Å². The number of nitrogens with one attached hydrogen (secondary N) is 3. The molecule has 30 heavy (non-hydrogen) atoms. The van der Waals surface area contributed by atoms with Crippen LogP contribution in [-0.4, -0.2) is 30.5 Å². The molecule has 1 atom stereocenters. The number of primary amides is 1. The van der Waals surface area contributed by atoms with Gasteiger partial charge in [-0.2, -0.15) is 13.2 Å². The summed E-state index contributed by atoms with van der Waals surface area (Å²) < 4.78 is 43.0. The molecule has 8 nitrogen and oxygen atoms in total. The van der Waals surface area contributed by atoms with Crippen LogP contribution in [-0.2, 0) is 22.2 Å². The molecular weight excluding hydrogens is 405 g/mol. The Morgan fingerprint density at radius 2 is 1.70 bits per heavy atom. The highest BCUT2D eigenvalue weighted by Gasteiger charge is 2.30. The van der Waals surface area contributed by atoms with E-state index in [9.17, 15) is 27.6 Å². The predicted octanol–water partition coefficient (Wildman–Crippen LogP) is 1.51. The van der Waals surface area contributed by atoms with E-state index in [0.29, 0.717) is 0 Å². The van der Waals surface area contributed by atoms with Crippen LogP contribution in [0.15, 0.2) is 54.6 Å². The highest BCUT2D eigenvalue weighted by molar-refractivity contribution is 5.88. The number of hydrogen-bond donors (Lipinski definition) is 4. The highest BCUT2D eigenvalue weighted by atomic mass is 19.4. The van der Waals surface area contributed by atoms with Gasteiger partial charge in [-0.15, -0.1) is 0 Å². The standard InChI is InChI=1S/C19H19F3N4O4/c20-19(21,22)13-7-4-8-14(10-13)30-11-16(27)25-26-17(28)15(24-18(23)29)9-12-5-2-1-3-6-12/h1-8,10,15H,9,11H2,(H,25,27)(H,26,28)(H3,23,24,29)/t15-/m1/s1. The average Bonchev–Trinajstić information content (AvgIpc) is 2.70. The molecule has 0 unspecified atom stereocenters. The van der Waals surface area contributed by atoms with Crippen molar-refractivity contribution in [3.05, 3.63) is 65.7 Å². The first kappa shape index (κ1) is 22.5. The van der Waals surface area contributed by atoms with Crippen LogP contribution in [0, 0.1) is 0 Å². The van der Waals surface area contributed by atoms with Crippen molar-refractivity contribution in [2.24, 2.45) is 5.73 Å². The summed E-state index contributed by atoms with van der Waals surface area (Å²) in [5.74, 6) is -1.73. The molecule has 2 aromatic rings. The minimum Gasteiger partial charge on any atom is -0.484 e. The van der Waals surface area contributed by atoms with Crippen molar-refractivity contribution in [1.29, 1.82) is 0 Å². The molecule has 160 valence electrons. The lowest BCUT2D eigenvalue weighted by atomic mass is 10.1. The van der Waals surface area contributed by atoms with Gasteiger partial charge < -0.3 is 15.8 Å². The number of rotatable bonds is 7. The minimum absolute atomic E-state index is 0.117. The molecule has 0 saturated carbocycles. The van der Waals surface area contributed by atoms with Crippen LogP contribution in [0.25, 0.3) is 0 Å². The monoisotopic (exact) mass is 424 g/mol. The van der Waals surface area contributed by atoms with Gasteiger partial charge in [0.15, 0.2) is 6.61 Å². The third-order valence-corrected chi connectivity index (χ3v) is 3.77. The number of alkyl halides is 3. The number of benzene rings is 2. The number of nitrogens with two attached hydrogens (primary N) is 1. The van der Waals surface area contributed by atoms with E-state index in [4.69, 9.17) is 10.5 Å². The summed E-state index contributed by atoms with van der Waals surface area (Å²) in [5.41, 5.74) is 9.07. The molecule has 0 aliphatic rings. The molecule has 0 bridgehead atoms. The summed E-state index contributed by atoms with van der Waals surface area (Å²) in [4.78, 5) is 35.2. The summed E-state index contributed by atoms with van der Waals surface area (Å²) in [5, 5.41) is 2.27. The molecule has 2 aromatic carbocycles. The number of carbonyl (C=O) groups is 3. The maximum absolute atomic E-state index is 12.7. The molecule has 4 amide bonds. The van der Waals surface area contributed by atoms with Crippen LogP contribution >= 0.6 is 0 Å². The molecular formula is C19H19F3N4O4. The second kappa shape index (κ2) is 10.1. The Labute approximate surface area is 169 Å². The zero-order chi connectivity index (χ0) is 22.1. The molecule has 0 aliphatic heterocycles. The zero-order valence-corrected chi connectivity index (χ0v) is 15.5. The Bertz CT molecular complexity index is 891. The third-order valence-electron chi connectivity index (χ3n) is 3.77. The second-order valence-corrected chi connectivity index (χ2v) is 6.10. The topological polar surface area (TPSA) is 123 Å². The van der Waals surface area contributed by atoms with Gasteiger partial charge in [0.05, 0.1) is 5.56 Å². The van der Waals surface area contributed by atoms with Gasteiger partial charge in [0.2, 0.25) is 0 Å². The quantitative estimate of drug-likeness (QED) is 0.503. The van der Waals surface area contributed by atoms with Gasteiger partial charge in [-0.3, -0.25) is 20.4 Å². The number of hydrogen-bond acceptors (Lipinski definition) is 4. The lowest BCUT2D eigenvalue weighted by molar-refractivity contribution is -0.137. The van der Waals surface area contributed by atoms with E-state index in [1.54, 1.807) is 30.3 Å². The summed E-state index contributed by atoms with van der Waals surface area (Å²) >= 11 is 0. The highest BCUT2D eigenvalue weighted by Crippen LogP contribution is 2.31. The number of urea groups is 1. The Morgan fingerprint density at radius 1 is 1.00 bits per heavy atom. The summed E-state index contributed by atoms with van der Waals surface area (Å²) in [6.45, 7) is -0.645. The van der Waals surface area contributed by atoms with Crippen molar-refractivity contribution in [3.63, 3.8) is 0 Å². The van der Waals surface area contributed by atoms with Crippen molar-refractivity contribution >= 4 is 17.8 Å². The fourth-order valence-corrected chi connectivity index (χ4v) is 2.40. The minimum atomic E-state index is -4.54. The maximum Gasteiger partial charge on any atom is 0.416 e. The van der Waals surface area contributed by atoms with Crippen LogP contribution in [0.5, 0.6) is 5.75 Å². The lowest BCUT2D eigenvalue weighted by Gasteiger charge is -2.18. The molecule has 0 aliphatic carbocycles. The van der Waals surface area contributed by atoms with E-state index < -0.39 is 42.2 Å². The predicted molar refractivity (Wildman–Crippen MR) is 99.9 cm³/mol. The van der Waals surface area contributed by atoms with Gasteiger partial charge in [-0.1, -0.05) is 36.4 Å². The molecule has 0 radical (unpaired) electrons. The van der Waals surface area contributed by atoms with Crippen LogP contribution in [0.3, 0.4) is 0 Å². The number of carbonyl (C=O) groups excluding carboxylic acids is 3. The fraction of sp³-hybridized carbons (Fsp3) is 0.211. The molecule has 0 saturated heterocycles. The number of amides is 4. The lowest BCUT2D eigenvalue weighted by Crippen LogP contribution is -2.54. The molecule has 0 fully saturated rings. The molecule has 0 aromatic heterocycles. The first-order valence-electron chi connectivity index (χ1n) is 8.64. The van der Waals surface area contributed by atoms with Crippen molar-refractivity contribution in [1.82, 2.24) is 16.2 Å². The van der Waals surface area contributed by atoms with Gasteiger partial charge in [0.1, 0.15) is 11.8 Å². The second-order valence-electron chi connectivity index (χ2n) is 6.10. The van der Waals surface area contributed by atoms with Crippen LogP contribution in [0.2, 0.25) is 0 Å².